The van der Waals surface area contributed by atoms with E-state index >= 15 is 0 Å². The second-order valence-electron chi connectivity index (χ2n) is 7.17. The number of fused-ring (bicyclic) bond motifs is 1. The third kappa shape index (κ3) is 4.06. The van der Waals surface area contributed by atoms with Crippen molar-refractivity contribution in [3.8, 4) is 17.0 Å². The van der Waals surface area contributed by atoms with Gasteiger partial charge in [0.25, 0.3) is 0 Å². The number of aromatic nitrogens is 1. The molecule has 2 aromatic heterocycles. The number of anilines is 1. The number of carbonyl (C=O) groups excluding carboxylic acids is 1. The third-order valence-electron chi connectivity index (χ3n) is 3.94. The van der Waals surface area contributed by atoms with Gasteiger partial charge in [0.2, 0.25) is 0 Å². The number of thiophene rings is 1. The molecule has 0 saturated heterocycles. The Hall–Kier alpha value is -2.60. The maximum absolute atomic E-state index is 12.8. The van der Waals surface area contributed by atoms with Crippen molar-refractivity contribution < 1.29 is 14.3 Å². The number of carbonyl (C=O) groups is 1. The van der Waals surface area contributed by atoms with Crippen molar-refractivity contribution in [2.45, 2.75) is 33.2 Å². The monoisotopic (exact) mass is 384 g/mol. The molecule has 5 nitrogen and oxygen atoms in total. The van der Waals surface area contributed by atoms with Crippen LogP contribution in [-0.4, -0.2) is 30.2 Å². The van der Waals surface area contributed by atoms with Gasteiger partial charge in [-0.3, -0.25) is 0 Å². The van der Waals surface area contributed by atoms with Gasteiger partial charge >= 0.3 is 5.97 Å². The number of rotatable bonds is 5. The van der Waals surface area contributed by atoms with E-state index in [2.05, 4.69) is 26.1 Å². The van der Waals surface area contributed by atoms with Crippen molar-refractivity contribution in [1.29, 1.82) is 0 Å². The molecule has 0 spiro atoms. The van der Waals surface area contributed by atoms with Gasteiger partial charge in [0.1, 0.15) is 17.1 Å². The molecule has 0 saturated carbocycles. The van der Waals surface area contributed by atoms with Gasteiger partial charge in [0.05, 0.1) is 24.1 Å². The number of benzene rings is 1. The molecule has 0 aliphatic carbocycles. The summed E-state index contributed by atoms with van der Waals surface area (Å²) in [7, 11) is 1.63. The summed E-state index contributed by atoms with van der Waals surface area (Å²) in [6.07, 6.45) is 0. The van der Waals surface area contributed by atoms with Gasteiger partial charge in [-0.25, -0.2) is 9.78 Å². The minimum Gasteiger partial charge on any atom is -0.497 e. The molecule has 0 bridgehead atoms. The molecular weight excluding hydrogens is 360 g/mol. The van der Waals surface area contributed by atoms with Crippen molar-refractivity contribution in [3.05, 3.63) is 41.3 Å². The quantitative estimate of drug-likeness (QED) is 0.600. The smallest absolute Gasteiger partial charge is 0.341 e. The van der Waals surface area contributed by atoms with Crippen LogP contribution in [0.3, 0.4) is 0 Å². The van der Waals surface area contributed by atoms with Gasteiger partial charge in [-0.2, -0.15) is 0 Å². The zero-order valence-corrected chi connectivity index (χ0v) is 17.1. The Labute approximate surface area is 163 Å². The summed E-state index contributed by atoms with van der Waals surface area (Å²) in [6, 6.07) is 9.53. The zero-order valence-electron chi connectivity index (χ0n) is 16.3. The van der Waals surface area contributed by atoms with Crippen molar-refractivity contribution in [3.63, 3.8) is 0 Å². The summed E-state index contributed by atoms with van der Waals surface area (Å²) in [4.78, 5) is 17.6. The molecular formula is C21H24N2O3S. The van der Waals surface area contributed by atoms with Gasteiger partial charge in [-0.15, -0.1) is 11.3 Å². The summed E-state index contributed by atoms with van der Waals surface area (Å²) >= 11 is 1.52. The van der Waals surface area contributed by atoms with Gasteiger partial charge in [-0.1, -0.05) is 0 Å². The normalized spacial score (nSPS) is 11.4. The minimum atomic E-state index is -0.356. The first-order chi connectivity index (χ1) is 12.8. The number of ether oxygens (including phenoxy) is 2. The first-order valence-corrected chi connectivity index (χ1v) is 9.73. The van der Waals surface area contributed by atoms with E-state index in [1.807, 2.05) is 35.7 Å². The predicted molar refractivity (Wildman–Crippen MR) is 111 cm³/mol. The molecule has 0 fully saturated rings. The molecule has 6 heteroatoms. The molecule has 27 heavy (non-hydrogen) atoms. The molecule has 1 N–H and O–H groups in total. The molecule has 3 aromatic rings. The average molecular weight is 385 g/mol. The van der Waals surface area contributed by atoms with Gasteiger partial charge < -0.3 is 14.8 Å². The van der Waals surface area contributed by atoms with Gasteiger partial charge in [0, 0.05) is 16.5 Å². The fourth-order valence-electron chi connectivity index (χ4n) is 2.83. The summed E-state index contributed by atoms with van der Waals surface area (Å²) < 4.78 is 11.5. The fourth-order valence-corrected chi connectivity index (χ4v) is 3.76. The highest BCUT2D eigenvalue weighted by molar-refractivity contribution is 7.17. The predicted octanol–water partition coefficient (Wildman–Crippen LogP) is 5.36. The van der Waals surface area contributed by atoms with Gasteiger partial charge in [0.15, 0.2) is 0 Å². The van der Waals surface area contributed by atoms with Crippen LogP contribution in [-0.2, 0) is 4.74 Å². The molecule has 0 amide bonds. The van der Waals surface area contributed by atoms with Crippen molar-refractivity contribution in [2.24, 2.45) is 0 Å². The van der Waals surface area contributed by atoms with Crippen LogP contribution in [0.25, 0.3) is 21.3 Å². The number of pyridine rings is 1. The van der Waals surface area contributed by atoms with E-state index in [1.165, 1.54) is 11.3 Å². The lowest BCUT2D eigenvalue weighted by atomic mass is 10.0. The Morgan fingerprint density at radius 1 is 1.19 bits per heavy atom. The maximum Gasteiger partial charge on any atom is 0.341 e. The Kier molecular flexibility index (Phi) is 5.37. The van der Waals surface area contributed by atoms with E-state index < -0.39 is 0 Å². The van der Waals surface area contributed by atoms with Crippen molar-refractivity contribution >= 4 is 33.2 Å². The lowest BCUT2D eigenvalue weighted by Gasteiger charge is -2.23. The van der Waals surface area contributed by atoms with E-state index in [0.29, 0.717) is 17.9 Å². The minimum absolute atomic E-state index is 0.162. The molecule has 0 aliphatic heterocycles. The second-order valence-corrected chi connectivity index (χ2v) is 8.09. The van der Waals surface area contributed by atoms with E-state index in [9.17, 15) is 4.79 Å². The van der Waals surface area contributed by atoms with Crippen LogP contribution in [0.2, 0.25) is 0 Å². The highest BCUT2D eigenvalue weighted by Gasteiger charge is 2.24. The second kappa shape index (κ2) is 7.56. The SMILES string of the molecule is CCOC(=O)c1c(-c2ccc(OC)cc2)nc(NC(C)(C)C)c2ccsc12. The summed E-state index contributed by atoms with van der Waals surface area (Å²) in [5, 5.41) is 6.36. The van der Waals surface area contributed by atoms with Crippen LogP contribution in [0.1, 0.15) is 38.1 Å². The lowest BCUT2D eigenvalue weighted by molar-refractivity contribution is 0.0529. The van der Waals surface area contributed by atoms with Crippen LogP contribution in [0.5, 0.6) is 5.75 Å². The van der Waals surface area contributed by atoms with E-state index in [0.717, 1.165) is 27.2 Å². The van der Waals surface area contributed by atoms with E-state index in [4.69, 9.17) is 14.5 Å². The highest BCUT2D eigenvalue weighted by atomic mass is 32.1. The number of hydrogen-bond donors (Lipinski definition) is 1. The first-order valence-electron chi connectivity index (χ1n) is 8.85. The topological polar surface area (TPSA) is 60.5 Å². The Bertz CT molecular complexity index is 956. The third-order valence-corrected chi connectivity index (χ3v) is 4.88. The van der Waals surface area contributed by atoms with E-state index in [-0.39, 0.29) is 11.5 Å². The molecule has 0 radical (unpaired) electrons. The Balaban J connectivity index is 2.27. The number of methoxy groups -OCH3 is 1. The molecule has 0 atom stereocenters. The molecule has 0 unspecified atom stereocenters. The molecule has 142 valence electrons. The van der Waals surface area contributed by atoms with Crippen LogP contribution in [0.4, 0.5) is 5.82 Å². The molecule has 0 aliphatic rings. The Morgan fingerprint density at radius 2 is 1.89 bits per heavy atom. The fraction of sp³-hybridized carbons (Fsp3) is 0.333. The standard InChI is InChI=1S/C21H24N2O3S/c1-6-26-20(24)16-17(13-7-9-14(25-5)10-8-13)22-19(23-21(2,3)4)15-11-12-27-18(15)16/h7-12H,6H2,1-5H3,(H,22,23). The number of esters is 1. The summed E-state index contributed by atoms with van der Waals surface area (Å²) in [5.74, 6) is 1.16. The van der Waals surface area contributed by atoms with Crippen molar-refractivity contribution in [1.82, 2.24) is 4.98 Å². The maximum atomic E-state index is 12.8. The van der Waals surface area contributed by atoms with Gasteiger partial charge in [-0.05, 0) is 63.4 Å². The largest absolute Gasteiger partial charge is 0.497 e. The molecule has 2 heterocycles. The summed E-state index contributed by atoms with van der Waals surface area (Å²) in [6.45, 7) is 8.37. The van der Waals surface area contributed by atoms with Crippen LogP contribution in [0, 0.1) is 0 Å². The number of nitrogens with one attached hydrogen (secondary N) is 1. The average Bonchev–Trinajstić information content (AvgIpc) is 3.10. The Morgan fingerprint density at radius 3 is 2.48 bits per heavy atom. The van der Waals surface area contributed by atoms with Crippen LogP contribution >= 0.6 is 11.3 Å². The summed E-state index contributed by atoms with van der Waals surface area (Å²) in [5.41, 5.74) is 1.79. The molecule has 1 aromatic carbocycles. The lowest BCUT2D eigenvalue weighted by Crippen LogP contribution is -2.27. The first kappa shape index (κ1) is 19.2. The number of hydrogen-bond acceptors (Lipinski definition) is 6. The number of nitrogens with zero attached hydrogens (tertiary/aromatic N) is 1. The highest BCUT2D eigenvalue weighted by Crippen LogP contribution is 2.37. The van der Waals surface area contributed by atoms with Crippen LogP contribution in [0.15, 0.2) is 35.7 Å². The molecule has 3 rings (SSSR count). The van der Waals surface area contributed by atoms with Crippen LogP contribution < -0.4 is 10.1 Å². The van der Waals surface area contributed by atoms with Crippen molar-refractivity contribution in [2.75, 3.05) is 19.0 Å². The van der Waals surface area contributed by atoms with E-state index in [1.54, 1.807) is 14.0 Å². The zero-order chi connectivity index (χ0) is 19.6.